The molecular weight excluding hydrogens is 264 g/mol. The van der Waals surface area contributed by atoms with Crippen LogP contribution in [0.1, 0.15) is 0 Å². The standard InChI is InChI=1S/C12H8Cl2FNO/c1-17-7-5-10(15)12(16-6-7)11-8(13)3-2-4-9(11)14/h2-6H,1H3. The van der Waals surface area contributed by atoms with E-state index < -0.39 is 5.82 Å². The number of methoxy groups -OCH3 is 1. The molecule has 0 radical (unpaired) electrons. The van der Waals surface area contributed by atoms with Gasteiger partial charge >= 0.3 is 0 Å². The molecule has 0 aliphatic heterocycles. The molecule has 0 unspecified atom stereocenters. The van der Waals surface area contributed by atoms with Gasteiger partial charge < -0.3 is 4.74 Å². The highest BCUT2D eigenvalue weighted by atomic mass is 35.5. The number of halogens is 3. The summed E-state index contributed by atoms with van der Waals surface area (Å²) in [4.78, 5) is 3.97. The molecule has 0 saturated carbocycles. The van der Waals surface area contributed by atoms with Crippen LogP contribution in [0.2, 0.25) is 10.0 Å². The van der Waals surface area contributed by atoms with Crippen molar-refractivity contribution in [2.24, 2.45) is 0 Å². The van der Waals surface area contributed by atoms with Gasteiger partial charge in [-0.05, 0) is 12.1 Å². The van der Waals surface area contributed by atoms with Crippen molar-refractivity contribution in [1.82, 2.24) is 4.98 Å². The fraction of sp³-hybridized carbons (Fsp3) is 0.0833. The molecule has 5 heteroatoms. The van der Waals surface area contributed by atoms with E-state index in [9.17, 15) is 4.39 Å². The van der Waals surface area contributed by atoms with Crippen LogP contribution in [0.3, 0.4) is 0 Å². The first kappa shape index (κ1) is 12.1. The maximum Gasteiger partial charge on any atom is 0.153 e. The highest BCUT2D eigenvalue weighted by Gasteiger charge is 2.14. The van der Waals surface area contributed by atoms with Crippen molar-refractivity contribution in [2.75, 3.05) is 7.11 Å². The smallest absolute Gasteiger partial charge is 0.153 e. The van der Waals surface area contributed by atoms with Crippen LogP contribution in [0.5, 0.6) is 5.75 Å². The summed E-state index contributed by atoms with van der Waals surface area (Å²) in [5, 5.41) is 0.711. The van der Waals surface area contributed by atoms with Crippen LogP contribution in [0.15, 0.2) is 30.5 Å². The summed E-state index contributed by atoms with van der Waals surface area (Å²) in [6, 6.07) is 6.19. The van der Waals surface area contributed by atoms with Crippen molar-refractivity contribution >= 4 is 23.2 Å². The van der Waals surface area contributed by atoms with Crippen LogP contribution in [0, 0.1) is 5.82 Å². The van der Waals surface area contributed by atoms with Gasteiger partial charge in [0.2, 0.25) is 0 Å². The molecule has 1 aromatic heterocycles. The Balaban J connectivity index is 2.61. The number of hydrogen-bond donors (Lipinski definition) is 0. The third-order valence-corrected chi connectivity index (χ3v) is 2.88. The van der Waals surface area contributed by atoms with E-state index in [4.69, 9.17) is 27.9 Å². The number of rotatable bonds is 2. The molecule has 0 fully saturated rings. The van der Waals surface area contributed by atoms with Gasteiger partial charge in [-0.25, -0.2) is 9.37 Å². The lowest BCUT2D eigenvalue weighted by molar-refractivity contribution is 0.409. The monoisotopic (exact) mass is 271 g/mol. The van der Waals surface area contributed by atoms with Gasteiger partial charge in [0.05, 0.1) is 23.4 Å². The summed E-state index contributed by atoms with van der Waals surface area (Å²) in [6.45, 7) is 0. The Bertz CT molecular complexity index is 540. The minimum absolute atomic E-state index is 0.112. The third kappa shape index (κ3) is 2.35. The van der Waals surface area contributed by atoms with Crippen LogP contribution >= 0.6 is 23.2 Å². The Hall–Kier alpha value is -1.32. The summed E-state index contributed by atoms with van der Waals surface area (Å²) >= 11 is 12.0. The minimum atomic E-state index is -0.528. The average Bonchev–Trinajstić information content (AvgIpc) is 2.30. The molecule has 0 atom stereocenters. The molecule has 0 aliphatic rings. The van der Waals surface area contributed by atoms with Gasteiger partial charge in [0.25, 0.3) is 0 Å². The van der Waals surface area contributed by atoms with E-state index in [1.54, 1.807) is 18.2 Å². The van der Waals surface area contributed by atoms with Crippen LogP contribution < -0.4 is 4.74 Å². The fourth-order valence-corrected chi connectivity index (χ4v) is 2.02. The lowest BCUT2D eigenvalue weighted by atomic mass is 10.1. The number of benzene rings is 1. The molecule has 2 rings (SSSR count). The number of ether oxygens (including phenoxy) is 1. The summed E-state index contributed by atoms with van der Waals surface area (Å²) in [5.41, 5.74) is 0.498. The first-order valence-corrected chi connectivity index (χ1v) is 5.53. The van der Waals surface area contributed by atoms with Gasteiger partial charge in [0.1, 0.15) is 11.4 Å². The van der Waals surface area contributed by atoms with E-state index in [0.29, 0.717) is 21.4 Å². The average molecular weight is 272 g/mol. The molecule has 0 bridgehead atoms. The molecule has 0 saturated heterocycles. The fourth-order valence-electron chi connectivity index (χ4n) is 1.44. The Kier molecular flexibility index (Phi) is 3.50. The van der Waals surface area contributed by atoms with Crippen molar-refractivity contribution in [3.8, 4) is 17.0 Å². The van der Waals surface area contributed by atoms with Crippen molar-refractivity contribution in [3.05, 3.63) is 46.3 Å². The topological polar surface area (TPSA) is 22.1 Å². The highest BCUT2D eigenvalue weighted by molar-refractivity contribution is 6.39. The van der Waals surface area contributed by atoms with Crippen LogP contribution in [0.4, 0.5) is 4.39 Å². The van der Waals surface area contributed by atoms with Crippen LogP contribution in [-0.2, 0) is 0 Å². The van der Waals surface area contributed by atoms with Gasteiger partial charge in [-0.3, -0.25) is 0 Å². The third-order valence-electron chi connectivity index (χ3n) is 2.25. The van der Waals surface area contributed by atoms with E-state index >= 15 is 0 Å². The first-order valence-electron chi connectivity index (χ1n) is 4.77. The summed E-state index contributed by atoms with van der Waals surface area (Å²) < 4.78 is 18.7. The van der Waals surface area contributed by atoms with Crippen LogP contribution in [-0.4, -0.2) is 12.1 Å². The molecule has 0 N–H and O–H groups in total. The normalized spacial score (nSPS) is 10.4. The molecule has 0 amide bonds. The predicted molar refractivity (Wildman–Crippen MR) is 66.2 cm³/mol. The quantitative estimate of drug-likeness (QED) is 0.817. The zero-order valence-electron chi connectivity index (χ0n) is 8.88. The van der Waals surface area contributed by atoms with Crippen LogP contribution in [0.25, 0.3) is 11.3 Å². The zero-order chi connectivity index (χ0) is 12.4. The van der Waals surface area contributed by atoms with Gasteiger partial charge in [-0.15, -0.1) is 0 Å². The highest BCUT2D eigenvalue weighted by Crippen LogP contribution is 2.35. The molecule has 0 spiro atoms. The number of pyridine rings is 1. The van der Waals surface area contributed by atoms with Gasteiger partial charge in [-0.1, -0.05) is 29.3 Å². The Labute approximate surface area is 108 Å². The van der Waals surface area contributed by atoms with E-state index in [0.717, 1.165) is 0 Å². The molecule has 2 nitrogen and oxygen atoms in total. The lowest BCUT2D eigenvalue weighted by Gasteiger charge is -2.08. The molecule has 17 heavy (non-hydrogen) atoms. The molecule has 0 aliphatic carbocycles. The summed E-state index contributed by atoms with van der Waals surface area (Å²) in [7, 11) is 1.44. The molecule has 1 aromatic carbocycles. The number of aromatic nitrogens is 1. The van der Waals surface area contributed by atoms with Crippen molar-refractivity contribution < 1.29 is 9.13 Å². The lowest BCUT2D eigenvalue weighted by Crippen LogP contribution is -1.93. The van der Waals surface area contributed by atoms with E-state index in [1.807, 2.05) is 0 Å². The van der Waals surface area contributed by atoms with E-state index in [2.05, 4.69) is 4.98 Å². The zero-order valence-corrected chi connectivity index (χ0v) is 10.4. The number of hydrogen-bond acceptors (Lipinski definition) is 2. The van der Waals surface area contributed by atoms with Crippen molar-refractivity contribution in [2.45, 2.75) is 0 Å². The van der Waals surface area contributed by atoms with Gasteiger partial charge in [0, 0.05) is 11.6 Å². The largest absolute Gasteiger partial charge is 0.495 e. The molecule has 88 valence electrons. The minimum Gasteiger partial charge on any atom is -0.495 e. The Morgan fingerprint density at radius 3 is 2.41 bits per heavy atom. The molecule has 2 aromatic rings. The second-order valence-electron chi connectivity index (χ2n) is 3.30. The summed E-state index contributed by atoms with van der Waals surface area (Å²) in [6.07, 6.45) is 1.41. The summed E-state index contributed by atoms with van der Waals surface area (Å²) in [5.74, 6) is -0.186. The predicted octanol–water partition coefficient (Wildman–Crippen LogP) is 4.20. The second-order valence-corrected chi connectivity index (χ2v) is 4.12. The molecule has 1 heterocycles. The Morgan fingerprint density at radius 2 is 1.88 bits per heavy atom. The van der Waals surface area contributed by atoms with Gasteiger partial charge in [-0.2, -0.15) is 0 Å². The first-order chi connectivity index (χ1) is 8.13. The maximum atomic E-state index is 13.8. The second kappa shape index (κ2) is 4.90. The SMILES string of the molecule is COc1cnc(-c2c(Cl)cccc2Cl)c(F)c1. The van der Waals surface area contributed by atoms with E-state index in [-0.39, 0.29) is 5.69 Å². The Morgan fingerprint density at radius 1 is 1.24 bits per heavy atom. The van der Waals surface area contributed by atoms with E-state index in [1.165, 1.54) is 19.4 Å². The van der Waals surface area contributed by atoms with Crippen molar-refractivity contribution in [3.63, 3.8) is 0 Å². The van der Waals surface area contributed by atoms with Gasteiger partial charge in [0.15, 0.2) is 5.82 Å². The van der Waals surface area contributed by atoms with Crippen molar-refractivity contribution in [1.29, 1.82) is 0 Å². The molecular formula is C12H8Cl2FNO. The maximum absolute atomic E-state index is 13.8. The number of nitrogens with zero attached hydrogens (tertiary/aromatic N) is 1.